The van der Waals surface area contributed by atoms with Gasteiger partial charge in [-0.3, -0.25) is 19.3 Å². The average Bonchev–Trinajstić information content (AvgIpc) is 3.17. The molecule has 0 atom stereocenters. The van der Waals surface area contributed by atoms with E-state index in [4.69, 9.17) is 5.73 Å². The molecule has 0 fully saturated rings. The molecule has 3 aromatic carbocycles. The summed E-state index contributed by atoms with van der Waals surface area (Å²) in [5, 5.41) is 3.01. The van der Waals surface area contributed by atoms with Gasteiger partial charge in [-0.1, -0.05) is 66.7 Å². The highest BCUT2D eigenvalue weighted by atomic mass is 16.2. The third-order valence-corrected chi connectivity index (χ3v) is 6.91. The van der Waals surface area contributed by atoms with Crippen molar-refractivity contribution in [1.29, 1.82) is 0 Å². The Balaban J connectivity index is 1.22. The highest BCUT2D eigenvalue weighted by molar-refractivity contribution is 6.21. The Labute approximate surface area is 226 Å². The average molecular weight is 520 g/mol. The normalized spacial score (nSPS) is 12.6. The quantitative estimate of drug-likeness (QED) is 0.322. The SMILES string of the molecule is Cc1ncc(CN2C(=O)c3ccc(CC(=O)NCCC(c4ccccc4)c4ccccc4)cc3C2=O)c(N)n1. The maximum atomic E-state index is 13.1. The Morgan fingerprint density at radius 3 is 2.21 bits per heavy atom. The van der Waals surface area contributed by atoms with E-state index in [2.05, 4.69) is 39.6 Å². The number of amides is 3. The second-order valence-corrected chi connectivity index (χ2v) is 9.59. The van der Waals surface area contributed by atoms with E-state index in [0.717, 1.165) is 11.3 Å². The second-order valence-electron chi connectivity index (χ2n) is 9.59. The lowest BCUT2D eigenvalue weighted by molar-refractivity contribution is -0.120. The summed E-state index contributed by atoms with van der Waals surface area (Å²) < 4.78 is 0. The molecule has 39 heavy (non-hydrogen) atoms. The van der Waals surface area contributed by atoms with Crippen LogP contribution in [0, 0.1) is 6.92 Å². The van der Waals surface area contributed by atoms with Crippen LogP contribution in [0.5, 0.6) is 0 Å². The van der Waals surface area contributed by atoms with Crippen LogP contribution in [0.15, 0.2) is 85.1 Å². The number of imide groups is 1. The predicted octanol–water partition coefficient (Wildman–Crippen LogP) is 4.04. The van der Waals surface area contributed by atoms with Gasteiger partial charge in [0.25, 0.3) is 11.8 Å². The molecule has 3 amide bonds. The maximum Gasteiger partial charge on any atom is 0.261 e. The standard InChI is InChI=1S/C31H29N5O3/c1-20-34-18-24(29(32)35-20)19-36-30(38)26-13-12-21(16-27(26)31(36)39)17-28(37)33-15-14-25(22-8-4-2-5-9-22)23-10-6-3-7-11-23/h2-13,16,18,25H,14-15,17,19H2,1H3,(H,33,37)(H2,32,34,35). The fraction of sp³-hybridized carbons (Fsp3) is 0.194. The third-order valence-electron chi connectivity index (χ3n) is 6.91. The number of nitrogens with one attached hydrogen (secondary N) is 1. The van der Waals surface area contributed by atoms with Crippen molar-refractivity contribution >= 4 is 23.5 Å². The van der Waals surface area contributed by atoms with E-state index in [9.17, 15) is 14.4 Å². The van der Waals surface area contributed by atoms with Crippen molar-refractivity contribution in [2.24, 2.45) is 0 Å². The van der Waals surface area contributed by atoms with E-state index < -0.39 is 11.8 Å². The first kappa shape index (κ1) is 25.8. The smallest absolute Gasteiger partial charge is 0.261 e. The number of nitrogens with zero attached hydrogens (tertiary/aromatic N) is 3. The first-order valence-corrected chi connectivity index (χ1v) is 12.8. The lowest BCUT2D eigenvalue weighted by Gasteiger charge is -2.18. The molecular weight excluding hydrogens is 490 g/mol. The molecule has 1 aromatic heterocycles. The summed E-state index contributed by atoms with van der Waals surface area (Å²) in [5.41, 5.74) is 10.1. The van der Waals surface area contributed by atoms with Crippen molar-refractivity contribution in [1.82, 2.24) is 20.2 Å². The fourth-order valence-electron chi connectivity index (χ4n) is 4.90. The number of rotatable bonds is 9. The van der Waals surface area contributed by atoms with E-state index in [1.165, 1.54) is 17.3 Å². The number of hydrogen-bond acceptors (Lipinski definition) is 6. The number of carbonyl (C=O) groups is 3. The summed E-state index contributed by atoms with van der Waals surface area (Å²) >= 11 is 0. The van der Waals surface area contributed by atoms with Crippen molar-refractivity contribution in [2.45, 2.75) is 32.2 Å². The summed E-state index contributed by atoms with van der Waals surface area (Å²) in [6.07, 6.45) is 2.38. The molecule has 8 nitrogen and oxygen atoms in total. The molecule has 1 aliphatic heterocycles. The molecule has 5 rings (SSSR count). The number of aryl methyl sites for hydroxylation is 1. The zero-order valence-corrected chi connectivity index (χ0v) is 21.6. The van der Waals surface area contributed by atoms with Crippen molar-refractivity contribution in [3.05, 3.63) is 124 Å². The van der Waals surface area contributed by atoms with E-state index in [1.54, 1.807) is 25.1 Å². The summed E-state index contributed by atoms with van der Waals surface area (Å²) in [5.74, 6) is -0.0664. The fourth-order valence-corrected chi connectivity index (χ4v) is 4.90. The molecule has 0 spiro atoms. The molecule has 4 aromatic rings. The molecule has 196 valence electrons. The summed E-state index contributed by atoms with van der Waals surface area (Å²) in [7, 11) is 0. The van der Waals surface area contributed by atoms with Crippen molar-refractivity contribution in [3.8, 4) is 0 Å². The van der Waals surface area contributed by atoms with Gasteiger partial charge < -0.3 is 11.1 Å². The molecule has 0 radical (unpaired) electrons. The van der Waals surface area contributed by atoms with E-state index in [1.807, 2.05) is 36.4 Å². The number of nitrogens with two attached hydrogens (primary N) is 1. The predicted molar refractivity (Wildman–Crippen MR) is 148 cm³/mol. The number of benzene rings is 3. The molecule has 0 aliphatic carbocycles. The van der Waals surface area contributed by atoms with Gasteiger partial charge in [-0.15, -0.1) is 0 Å². The minimum Gasteiger partial charge on any atom is -0.383 e. The Kier molecular flexibility index (Phi) is 7.45. The minimum absolute atomic E-state index is 0.0156. The van der Waals surface area contributed by atoms with Gasteiger partial charge in [-0.05, 0) is 42.2 Å². The zero-order chi connectivity index (χ0) is 27.4. The number of anilines is 1. The summed E-state index contributed by atoms with van der Waals surface area (Å²) in [4.78, 5) is 48.1. The molecule has 0 saturated carbocycles. The van der Waals surface area contributed by atoms with Crippen LogP contribution in [0.4, 0.5) is 5.82 Å². The number of nitrogen functional groups attached to an aromatic ring is 1. The van der Waals surface area contributed by atoms with Gasteiger partial charge in [0.15, 0.2) is 0 Å². The van der Waals surface area contributed by atoms with Crippen molar-refractivity contribution in [3.63, 3.8) is 0 Å². The Bertz CT molecular complexity index is 1480. The molecule has 8 heteroatoms. The molecule has 1 aliphatic rings. The van der Waals surface area contributed by atoms with E-state index in [0.29, 0.717) is 29.1 Å². The summed E-state index contributed by atoms with van der Waals surface area (Å²) in [6.45, 7) is 2.20. The first-order valence-electron chi connectivity index (χ1n) is 12.8. The largest absolute Gasteiger partial charge is 0.383 e. The van der Waals surface area contributed by atoms with Gasteiger partial charge in [-0.25, -0.2) is 9.97 Å². The molecule has 2 heterocycles. The Hall–Kier alpha value is -4.85. The van der Waals surface area contributed by atoms with Crippen LogP contribution in [-0.2, 0) is 17.8 Å². The maximum absolute atomic E-state index is 13.1. The number of fused-ring (bicyclic) bond motifs is 1. The minimum atomic E-state index is -0.425. The van der Waals surface area contributed by atoms with E-state index >= 15 is 0 Å². The lowest BCUT2D eigenvalue weighted by atomic mass is 9.88. The van der Waals surface area contributed by atoms with Gasteiger partial charge >= 0.3 is 0 Å². The Morgan fingerprint density at radius 1 is 0.923 bits per heavy atom. The van der Waals surface area contributed by atoms with Crippen molar-refractivity contribution < 1.29 is 14.4 Å². The Morgan fingerprint density at radius 2 is 1.56 bits per heavy atom. The molecule has 0 bridgehead atoms. The second kappa shape index (κ2) is 11.3. The van der Waals surface area contributed by atoms with E-state index in [-0.39, 0.29) is 36.2 Å². The number of carbonyl (C=O) groups excluding carboxylic acids is 3. The molecule has 0 saturated heterocycles. The van der Waals surface area contributed by atoms with Gasteiger partial charge in [0.2, 0.25) is 5.91 Å². The molecule has 0 unspecified atom stereocenters. The van der Waals surface area contributed by atoms with Gasteiger partial charge in [0.05, 0.1) is 24.1 Å². The third kappa shape index (κ3) is 5.70. The van der Waals surface area contributed by atoms with Crippen LogP contribution in [0.3, 0.4) is 0 Å². The molecular formula is C31H29N5O3. The van der Waals surface area contributed by atoms with Crippen molar-refractivity contribution in [2.75, 3.05) is 12.3 Å². The monoisotopic (exact) mass is 519 g/mol. The van der Waals surface area contributed by atoms with Gasteiger partial charge in [-0.2, -0.15) is 0 Å². The van der Waals surface area contributed by atoms with Crippen LogP contribution in [0.1, 0.15) is 61.1 Å². The highest BCUT2D eigenvalue weighted by Crippen LogP contribution is 2.28. The lowest BCUT2D eigenvalue weighted by Crippen LogP contribution is -2.29. The van der Waals surface area contributed by atoms with Gasteiger partial charge in [0, 0.05) is 24.2 Å². The van der Waals surface area contributed by atoms with Crippen LogP contribution >= 0.6 is 0 Å². The number of hydrogen-bond donors (Lipinski definition) is 2. The zero-order valence-electron chi connectivity index (χ0n) is 21.6. The summed E-state index contributed by atoms with van der Waals surface area (Å²) in [6, 6.07) is 25.4. The van der Waals surface area contributed by atoms with Crippen LogP contribution < -0.4 is 11.1 Å². The first-order chi connectivity index (χ1) is 18.9. The van der Waals surface area contributed by atoms with Crippen LogP contribution in [0.2, 0.25) is 0 Å². The van der Waals surface area contributed by atoms with Gasteiger partial charge in [0.1, 0.15) is 11.6 Å². The van der Waals surface area contributed by atoms with Crippen LogP contribution in [0.25, 0.3) is 0 Å². The topological polar surface area (TPSA) is 118 Å². The molecule has 3 N–H and O–H groups in total. The van der Waals surface area contributed by atoms with Crippen LogP contribution in [-0.4, -0.2) is 39.1 Å². The number of aromatic nitrogens is 2. The highest BCUT2D eigenvalue weighted by Gasteiger charge is 2.36.